The number of nitrogens with two attached hydrogens (primary N) is 1. The molecule has 160 valence electrons. The minimum Gasteiger partial charge on any atom is -0.456 e. The molecule has 1 heterocycles. The van der Waals surface area contributed by atoms with E-state index in [1.807, 2.05) is 12.1 Å². The third-order valence-electron chi connectivity index (χ3n) is 5.29. The molecule has 2 N–H and O–H groups in total. The Balaban J connectivity index is 1.66. The van der Waals surface area contributed by atoms with Gasteiger partial charge in [-0.05, 0) is 42.5 Å². The van der Waals surface area contributed by atoms with E-state index in [0.29, 0.717) is 34.3 Å². The highest BCUT2D eigenvalue weighted by atomic mass is 35.5. The zero-order valence-electron chi connectivity index (χ0n) is 16.7. The van der Waals surface area contributed by atoms with Crippen LogP contribution in [-0.4, -0.2) is 18.4 Å². The molecule has 0 unspecified atom stereocenters. The first-order valence-electron chi connectivity index (χ1n) is 9.73. The maximum absolute atomic E-state index is 12.8. The number of carbonyl (C=O) groups is 2. The van der Waals surface area contributed by atoms with Crippen LogP contribution in [0.1, 0.15) is 33.8 Å². The van der Waals surface area contributed by atoms with Crippen molar-refractivity contribution < 1.29 is 14.3 Å². The van der Waals surface area contributed by atoms with Gasteiger partial charge >= 0.3 is 0 Å². The van der Waals surface area contributed by atoms with Crippen LogP contribution in [0.3, 0.4) is 0 Å². The number of anilines is 1. The van der Waals surface area contributed by atoms with Crippen LogP contribution in [0.5, 0.6) is 11.5 Å². The van der Waals surface area contributed by atoms with E-state index in [9.17, 15) is 14.9 Å². The van der Waals surface area contributed by atoms with Crippen molar-refractivity contribution in [2.24, 2.45) is 5.73 Å². The quantitative estimate of drug-likeness (QED) is 0.554. The summed E-state index contributed by atoms with van der Waals surface area (Å²) in [7, 11) is 0. The highest BCUT2D eigenvalue weighted by Crippen LogP contribution is 2.40. The van der Waals surface area contributed by atoms with Gasteiger partial charge in [0.15, 0.2) is 0 Å². The van der Waals surface area contributed by atoms with Gasteiger partial charge in [0.1, 0.15) is 23.1 Å². The largest absolute Gasteiger partial charge is 0.456 e. The number of nitrogens with zero attached hydrogens (tertiary/aromatic N) is 2. The second-order valence-corrected chi connectivity index (χ2v) is 8.17. The Kier molecular flexibility index (Phi) is 6.04. The first-order valence-corrected chi connectivity index (χ1v) is 10.5. The van der Waals surface area contributed by atoms with Crippen molar-refractivity contribution in [3.63, 3.8) is 0 Å². The summed E-state index contributed by atoms with van der Waals surface area (Å²) in [6.07, 6.45) is 0.249. The normalized spacial score (nSPS) is 15.5. The number of hydrogen-bond acceptors (Lipinski definition) is 4. The Bertz CT molecular complexity index is 1270. The molecule has 8 heteroatoms. The van der Waals surface area contributed by atoms with Gasteiger partial charge in [-0.3, -0.25) is 9.59 Å². The number of primary amides is 1. The molecule has 1 aliphatic rings. The van der Waals surface area contributed by atoms with Gasteiger partial charge in [0.05, 0.1) is 5.02 Å². The Morgan fingerprint density at radius 1 is 1.09 bits per heavy atom. The monoisotopic (exact) mass is 465 g/mol. The number of benzene rings is 3. The molecular formula is C24H17Cl2N3O3. The molecule has 0 aliphatic carbocycles. The summed E-state index contributed by atoms with van der Waals surface area (Å²) in [6, 6.07) is 18.9. The number of halogens is 2. The lowest BCUT2D eigenvalue weighted by molar-refractivity contribution is -0.117. The van der Waals surface area contributed by atoms with Crippen molar-refractivity contribution in [3.8, 4) is 17.6 Å². The molecule has 4 rings (SSSR count). The Labute approximate surface area is 194 Å². The smallest absolute Gasteiger partial charge is 0.248 e. The molecule has 0 radical (unpaired) electrons. The van der Waals surface area contributed by atoms with Crippen LogP contribution in [0.25, 0.3) is 0 Å². The lowest BCUT2D eigenvalue weighted by Gasteiger charge is -2.19. The van der Waals surface area contributed by atoms with E-state index in [1.54, 1.807) is 59.5 Å². The summed E-state index contributed by atoms with van der Waals surface area (Å²) in [6.45, 7) is 0.389. The molecule has 1 atom stereocenters. The fourth-order valence-electron chi connectivity index (χ4n) is 3.74. The second kappa shape index (κ2) is 8.91. The third kappa shape index (κ3) is 4.26. The van der Waals surface area contributed by atoms with Crippen LogP contribution in [-0.2, 0) is 4.79 Å². The second-order valence-electron chi connectivity index (χ2n) is 7.33. The Morgan fingerprint density at radius 3 is 2.62 bits per heavy atom. The number of carbonyl (C=O) groups excluding carboxylic acids is 2. The molecule has 1 aliphatic heterocycles. The van der Waals surface area contributed by atoms with E-state index in [4.69, 9.17) is 33.7 Å². The lowest BCUT2D eigenvalue weighted by Crippen LogP contribution is -2.24. The lowest BCUT2D eigenvalue weighted by atomic mass is 9.97. The van der Waals surface area contributed by atoms with Crippen LogP contribution in [0.4, 0.5) is 5.69 Å². The van der Waals surface area contributed by atoms with Crippen molar-refractivity contribution in [2.45, 2.75) is 12.3 Å². The van der Waals surface area contributed by atoms with Crippen molar-refractivity contribution >= 4 is 40.7 Å². The number of ether oxygens (including phenoxy) is 1. The summed E-state index contributed by atoms with van der Waals surface area (Å²) in [4.78, 5) is 25.9. The summed E-state index contributed by atoms with van der Waals surface area (Å²) >= 11 is 12.3. The van der Waals surface area contributed by atoms with E-state index >= 15 is 0 Å². The summed E-state index contributed by atoms with van der Waals surface area (Å²) in [5, 5.41) is 10.2. The van der Waals surface area contributed by atoms with Gasteiger partial charge in [0.2, 0.25) is 11.8 Å². The van der Waals surface area contributed by atoms with E-state index < -0.39 is 5.91 Å². The molecule has 1 fully saturated rings. The molecule has 0 saturated carbocycles. The first kappa shape index (κ1) is 21.7. The molecule has 1 saturated heterocycles. The van der Waals surface area contributed by atoms with Crippen molar-refractivity contribution in [3.05, 3.63) is 87.4 Å². The minimum atomic E-state index is -0.557. The van der Waals surface area contributed by atoms with E-state index in [1.165, 1.54) is 0 Å². The number of hydrogen-bond donors (Lipinski definition) is 1. The van der Waals surface area contributed by atoms with Crippen LogP contribution < -0.4 is 15.4 Å². The van der Waals surface area contributed by atoms with Gasteiger partial charge in [-0.2, -0.15) is 5.26 Å². The SMILES string of the molecule is N#Cc1c(Cl)cccc1Oc1cc(Cl)ccc1[C@H]1CC(=O)N(c2cccc(C(N)=O)c2)C1. The van der Waals surface area contributed by atoms with Crippen molar-refractivity contribution in [2.75, 3.05) is 11.4 Å². The summed E-state index contributed by atoms with van der Waals surface area (Å²) in [5.74, 6) is -0.0754. The summed E-state index contributed by atoms with van der Waals surface area (Å²) < 4.78 is 6.05. The molecule has 32 heavy (non-hydrogen) atoms. The number of rotatable bonds is 5. The van der Waals surface area contributed by atoms with Crippen LogP contribution in [0, 0.1) is 11.3 Å². The Hall–Kier alpha value is -3.53. The fourth-order valence-corrected chi connectivity index (χ4v) is 4.11. The van der Waals surface area contributed by atoms with Gasteiger partial charge in [0, 0.05) is 40.7 Å². The standard InChI is InChI=1S/C24H17Cl2N3O3/c25-16-7-8-18(22(11-16)32-21-6-2-5-20(26)19(21)12-27)15-10-23(30)29(13-15)17-4-1-3-14(9-17)24(28)31/h1-9,11,15H,10,13H2,(H2,28,31)/t15-/m0/s1. The molecule has 0 spiro atoms. The van der Waals surface area contributed by atoms with Crippen molar-refractivity contribution in [1.29, 1.82) is 5.26 Å². The molecule has 0 bridgehead atoms. The van der Waals surface area contributed by atoms with Gasteiger partial charge in [-0.25, -0.2) is 0 Å². The van der Waals surface area contributed by atoms with Gasteiger partial charge < -0.3 is 15.4 Å². The molecule has 6 nitrogen and oxygen atoms in total. The Morgan fingerprint density at radius 2 is 1.88 bits per heavy atom. The van der Waals surface area contributed by atoms with E-state index in [0.717, 1.165) is 5.56 Å². The zero-order valence-corrected chi connectivity index (χ0v) is 18.2. The minimum absolute atomic E-state index is 0.0852. The van der Waals surface area contributed by atoms with Gasteiger partial charge in [-0.15, -0.1) is 0 Å². The van der Waals surface area contributed by atoms with E-state index in [-0.39, 0.29) is 28.8 Å². The van der Waals surface area contributed by atoms with Crippen LogP contribution in [0.15, 0.2) is 60.7 Å². The van der Waals surface area contributed by atoms with E-state index in [2.05, 4.69) is 0 Å². The molecule has 3 aromatic rings. The maximum atomic E-state index is 12.8. The molecular weight excluding hydrogens is 449 g/mol. The zero-order chi connectivity index (χ0) is 22.8. The highest BCUT2D eigenvalue weighted by Gasteiger charge is 2.33. The number of amides is 2. The summed E-state index contributed by atoms with van der Waals surface area (Å²) in [5.41, 5.74) is 7.30. The third-order valence-corrected chi connectivity index (χ3v) is 5.84. The van der Waals surface area contributed by atoms with Gasteiger partial charge in [0.25, 0.3) is 0 Å². The average molecular weight is 466 g/mol. The average Bonchev–Trinajstić information content (AvgIpc) is 3.15. The van der Waals surface area contributed by atoms with Crippen LogP contribution in [0.2, 0.25) is 10.0 Å². The highest BCUT2D eigenvalue weighted by molar-refractivity contribution is 6.32. The fraction of sp³-hybridized carbons (Fsp3) is 0.125. The first-order chi connectivity index (χ1) is 15.4. The predicted octanol–water partition coefficient (Wildman–Crippen LogP) is 5.28. The molecule has 3 aromatic carbocycles. The number of nitriles is 1. The molecule has 0 aromatic heterocycles. The van der Waals surface area contributed by atoms with Crippen molar-refractivity contribution in [1.82, 2.24) is 0 Å². The van der Waals surface area contributed by atoms with Gasteiger partial charge in [-0.1, -0.05) is 41.4 Å². The topological polar surface area (TPSA) is 96.4 Å². The van der Waals surface area contributed by atoms with Crippen LogP contribution >= 0.6 is 23.2 Å². The molecule has 2 amide bonds. The maximum Gasteiger partial charge on any atom is 0.248 e. The predicted molar refractivity (Wildman–Crippen MR) is 122 cm³/mol.